The minimum absolute atomic E-state index is 0.334. The van der Waals surface area contributed by atoms with Gasteiger partial charge in [0.25, 0.3) is 0 Å². The van der Waals surface area contributed by atoms with Crippen LogP contribution in [0.3, 0.4) is 0 Å². The van der Waals surface area contributed by atoms with Crippen LogP contribution >= 0.6 is 0 Å². The zero-order valence-electron chi connectivity index (χ0n) is 10.9. The second-order valence-corrected chi connectivity index (χ2v) is 4.77. The van der Waals surface area contributed by atoms with Gasteiger partial charge in [0, 0.05) is 6.61 Å². The van der Waals surface area contributed by atoms with Gasteiger partial charge in [-0.3, -0.25) is 0 Å². The Morgan fingerprint density at radius 2 is 2.29 bits per heavy atom. The third-order valence-electron chi connectivity index (χ3n) is 3.62. The van der Waals surface area contributed by atoms with Crippen LogP contribution < -0.4 is 5.32 Å². The lowest BCUT2D eigenvalue weighted by molar-refractivity contribution is -0.00663. The highest BCUT2D eigenvalue weighted by molar-refractivity contribution is 5.27. The van der Waals surface area contributed by atoms with E-state index in [4.69, 9.17) is 4.74 Å². The molecule has 94 valence electrons. The Kier molecular flexibility index (Phi) is 4.57. The zero-order valence-corrected chi connectivity index (χ0v) is 10.9. The van der Waals surface area contributed by atoms with E-state index in [2.05, 4.69) is 36.5 Å². The van der Waals surface area contributed by atoms with Crippen LogP contribution in [0.15, 0.2) is 24.3 Å². The first kappa shape index (κ1) is 12.6. The summed E-state index contributed by atoms with van der Waals surface area (Å²) < 4.78 is 5.90. The summed E-state index contributed by atoms with van der Waals surface area (Å²) >= 11 is 0. The van der Waals surface area contributed by atoms with Gasteiger partial charge in [-0.05, 0) is 43.9 Å². The van der Waals surface area contributed by atoms with Gasteiger partial charge < -0.3 is 10.1 Å². The SMILES string of the molecule is CCc1cccc(C(NC)C2CCCCO2)c1. The Morgan fingerprint density at radius 1 is 1.41 bits per heavy atom. The largest absolute Gasteiger partial charge is 0.376 e. The van der Waals surface area contributed by atoms with Crippen molar-refractivity contribution in [2.45, 2.75) is 44.8 Å². The lowest BCUT2D eigenvalue weighted by Crippen LogP contribution is -2.34. The van der Waals surface area contributed by atoms with Crippen LogP contribution in [0.5, 0.6) is 0 Å². The third kappa shape index (κ3) is 3.08. The van der Waals surface area contributed by atoms with Crippen molar-refractivity contribution in [2.24, 2.45) is 0 Å². The highest BCUT2D eigenvalue weighted by atomic mass is 16.5. The standard InChI is InChI=1S/C15H23NO/c1-3-12-7-6-8-13(11-12)15(16-2)14-9-4-5-10-17-14/h6-8,11,14-16H,3-5,9-10H2,1-2H3. The highest BCUT2D eigenvalue weighted by Crippen LogP contribution is 2.26. The number of ether oxygens (including phenoxy) is 1. The Labute approximate surface area is 104 Å². The number of benzene rings is 1. The maximum atomic E-state index is 5.90. The van der Waals surface area contributed by atoms with Gasteiger partial charge in [-0.2, -0.15) is 0 Å². The lowest BCUT2D eigenvalue weighted by Gasteiger charge is -2.30. The third-order valence-corrected chi connectivity index (χ3v) is 3.62. The summed E-state index contributed by atoms with van der Waals surface area (Å²) in [4.78, 5) is 0. The fourth-order valence-electron chi connectivity index (χ4n) is 2.60. The molecule has 1 saturated heterocycles. The molecule has 1 aromatic rings. The summed E-state index contributed by atoms with van der Waals surface area (Å²) in [5, 5.41) is 3.41. The van der Waals surface area contributed by atoms with Gasteiger partial charge in [0.15, 0.2) is 0 Å². The van der Waals surface area contributed by atoms with Crippen LogP contribution in [0.1, 0.15) is 43.4 Å². The summed E-state index contributed by atoms with van der Waals surface area (Å²) in [6, 6.07) is 9.19. The molecular weight excluding hydrogens is 210 g/mol. The zero-order chi connectivity index (χ0) is 12.1. The van der Waals surface area contributed by atoms with Gasteiger partial charge in [0.1, 0.15) is 0 Å². The van der Waals surface area contributed by atoms with E-state index in [1.807, 2.05) is 7.05 Å². The molecule has 0 aromatic heterocycles. The van der Waals surface area contributed by atoms with Gasteiger partial charge in [0.2, 0.25) is 0 Å². The molecule has 0 saturated carbocycles. The van der Waals surface area contributed by atoms with Gasteiger partial charge >= 0.3 is 0 Å². The lowest BCUT2D eigenvalue weighted by atomic mass is 9.94. The molecule has 0 spiro atoms. The maximum absolute atomic E-state index is 5.90. The quantitative estimate of drug-likeness (QED) is 0.863. The molecule has 1 heterocycles. The van der Waals surface area contributed by atoms with Crippen molar-refractivity contribution in [3.05, 3.63) is 35.4 Å². The van der Waals surface area contributed by atoms with E-state index in [0.29, 0.717) is 12.1 Å². The molecule has 1 N–H and O–H groups in total. The predicted octanol–water partition coefficient (Wildman–Crippen LogP) is 3.08. The molecule has 2 atom stereocenters. The summed E-state index contributed by atoms with van der Waals surface area (Å²) in [6.45, 7) is 3.11. The fourth-order valence-corrected chi connectivity index (χ4v) is 2.60. The number of aryl methyl sites for hydroxylation is 1. The van der Waals surface area contributed by atoms with Gasteiger partial charge in [-0.1, -0.05) is 31.2 Å². The van der Waals surface area contributed by atoms with Crippen molar-refractivity contribution >= 4 is 0 Å². The number of hydrogen-bond acceptors (Lipinski definition) is 2. The average Bonchev–Trinajstić information content (AvgIpc) is 2.41. The molecule has 1 aliphatic rings. The molecular formula is C15H23NO. The first-order chi connectivity index (χ1) is 8.35. The molecule has 0 bridgehead atoms. The van der Waals surface area contributed by atoms with Crippen molar-refractivity contribution < 1.29 is 4.74 Å². The van der Waals surface area contributed by atoms with E-state index in [1.165, 1.54) is 30.4 Å². The number of nitrogens with one attached hydrogen (secondary N) is 1. The fraction of sp³-hybridized carbons (Fsp3) is 0.600. The summed E-state index contributed by atoms with van der Waals surface area (Å²) in [5.74, 6) is 0. The second kappa shape index (κ2) is 6.18. The minimum Gasteiger partial charge on any atom is -0.376 e. The smallest absolute Gasteiger partial charge is 0.0769 e. The van der Waals surface area contributed by atoms with Crippen molar-refractivity contribution in [3.8, 4) is 0 Å². The average molecular weight is 233 g/mol. The van der Waals surface area contributed by atoms with Crippen molar-refractivity contribution in [1.29, 1.82) is 0 Å². The van der Waals surface area contributed by atoms with Crippen LogP contribution in [-0.4, -0.2) is 19.8 Å². The molecule has 2 unspecified atom stereocenters. The molecule has 0 aliphatic carbocycles. The van der Waals surface area contributed by atoms with Crippen molar-refractivity contribution in [3.63, 3.8) is 0 Å². The number of rotatable bonds is 4. The molecule has 17 heavy (non-hydrogen) atoms. The number of hydrogen-bond donors (Lipinski definition) is 1. The van der Waals surface area contributed by atoms with E-state index in [-0.39, 0.29) is 0 Å². The molecule has 0 radical (unpaired) electrons. The second-order valence-electron chi connectivity index (χ2n) is 4.77. The Bertz CT molecular complexity index is 345. The Balaban J connectivity index is 2.15. The molecule has 0 amide bonds. The number of likely N-dealkylation sites (N-methyl/N-ethyl adjacent to an activating group) is 1. The Hall–Kier alpha value is -0.860. The van der Waals surface area contributed by atoms with Gasteiger partial charge in [-0.25, -0.2) is 0 Å². The minimum atomic E-state index is 0.334. The Morgan fingerprint density at radius 3 is 2.94 bits per heavy atom. The van der Waals surface area contributed by atoms with Crippen LogP contribution in [0.4, 0.5) is 0 Å². The van der Waals surface area contributed by atoms with Gasteiger partial charge in [-0.15, -0.1) is 0 Å². The van der Waals surface area contributed by atoms with Crippen LogP contribution in [0.2, 0.25) is 0 Å². The van der Waals surface area contributed by atoms with Crippen molar-refractivity contribution in [2.75, 3.05) is 13.7 Å². The van der Waals surface area contributed by atoms with E-state index in [9.17, 15) is 0 Å². The summed E-state index contributed by atoms with van der Waals surface area (Å²) in [5.41, 5.74) is 2.76. The van der Waals surface area contributed by atoms with Crippen LogP contribution in [0, 0.1) is 0 Å². The molecule has 2 rings (SSSR count). The van der Waals surface area contributed by atoms with E-state index in [0.717, 1.165) is 13.0 Å². The van der Waals surface area contributed by atoms with Gasteiger partial charge in [0.05, 0.1) is 12.1 Å². The first-order valence-corrected chi connectivity index (χ1v) is 6.73. The van der Waals surface area contributed by atoms with Crippen molar-refractivity contribution in [1.82, 2.24) is 5.32 Å². The summed E-state index contributed by atoms with van der Waals surface area (Å²) in [6.07, 6.45) is 5.09. The normalized spacial score (nSPS) is 22.4. The van der Waals surface area contributed by atoms with E-state index < -0.39 is 0 Å². The molecule has 1 fully saturated rings. The topological polar surface area (TPSA) is 21.3 Å². The van der Waals surface area contributed by atoms with E-state index >= 15 is 0 Å². The van der Waals surface area contributed by atoms with Crippen LogP contribution in [-0.2, 0) is 11.2 Å². The maximum Gasteiger partial charge on any atom is 0.0769 e. The first-order valence-electron chi connectivity index (χ1n) is 6.73. The molecule has 1 aliphatic heterocycles. The van der Waals surface area contributed by atoms with Crippen LogP contribution in [0.25, 0.3) is 0 Å². The predicted molar refractivity (Wildman–Crippen MR) is 71.2 cm³/mol. The summed E-state index contributed by atoms with van der Waals surface area (Å²) in [7, 11) is 2.03. The molecule has 2 nitrogen and oxygen atoms in total. The highest BCUT2D eigenvalue weighted by Gasteiger charge is 2.24. The van der Waals surface area contributed by atoms with E-state index in [1.54, 1.807) is 0 Å². The molecule has 1 aromatic carbocycles. The monoisotopic (exact) mass is 233 g/mol. The molecule has 2 heteroatoms.